The van der Waals surface area contributed by atoms with E-state index in [1.54, 1.807) is 11.3 Å². The lowest BCUT2D eigenvalue weighted by molar-refractivity contribution is -0.0146. The van der Waals surface area contributed by atoms with Crippen molar-refractivity contribution >= 4 is 17.2 Å². The topological polar surface area (TPSA) is 58.6 Å². The third-order valence-electron chi connectivity index (χ3n) is 4.04. The van der Waals surface area contributed by atoms with Gasteiger partial charge in [-0.2, -0.15) is 0 Å². The van der Waals surface area contributed by atoms with E-state index < -0.39 is 0 Å². The summed E-state index contributed by atoms with van der Waals surface area (Å²) in [4.78, 5) is 13.3. The number of carbonyl (C=O) groups excluding carboxylic acids is 1. The van der Waals surface area contributed by atoms with Gasteiger partial charge in [0.15, 0.2) is 0 Å². The number of ether oxygens (including phenoxy) is 1. The van der Waals surface area contributed by atoms with Gasteiger partial charge in [0.05, 0.1) is 12.2 Å². The molecule has 1 amide bonds. The van der Waals surface area contributed by atoms with E-state index in [0.29, 0.717) is 19.8 Å². The van der Waals surface area contributed by atoms with Crippen LogP contribution in [0.1, 0.15) is 33.6 Å². The fraction of sp³-hybridized carbons (Fsp3) is 0.643. The first-order valence-electron chi connectivity index (χ1n) is 6.59. The molecule has 0 radical (unpaired) electrons. The Balaban J connectivity index is 1.97. The number of carbonyl (C=O) groups is 1. The molecular weight excluding hydrogens is 262 g/mol. The smallest absolute Gasteiger partial charge is 0.252 e. The molecule has 1 aliphatic rings. The van der Waals surface area contributed by atoms with E-state index in [4.69, 9.17) is 4.74 Å². The van der Waals surface area contributed by atoms with Gasteiger partial charge < -0.3 is 15.2 Å². The largest absolute Gasteiger partial charge is 0.396 e. The summed E-state index contributed by atoms with van der Waals surface area (Å²) in [5.74, 6) is -0.0406. The van der Waals surface area contributed by atoms with Gasteiger partial charge in [0.2, 0.25) is 0 Å². The van der Waals surface area contributed by atoms with Crippen LogP contribution in [0.4, 0.5) is 0 Å². The maximum atomic E-state index is 12.2. The number of aryl methyl sites for hydroxylation is 1. The molecule has 2 rings (SSSR count). The number of aliphatic hydroxyl groups is 1. The number of thiophene rings is 1. The fourth-order valence-corrected chi connectivity index (χ4v) is 3.16. The Hall–Kier alpha value is -0.910. The van der Waals surface area contributed by atoms with Gasteiger partial charge in [-0.15, -0.1) is 11.3 Å². The maximum Gasteiger partial charge on any atom is 0.252 e. The van der Waals surface area contributed by atoms with Crippen LogP contribution in [0.3, 0.4) is 0 Å². The summed E-state index contributed by atoms with van der Waals surface area (Å²) in [6.07, 6.45) is 1.59. The Labute approximate surface area is 117 Å². The Morgan fingerprint density at radius 3 is 2.68 bits per heavy atom. The van der Waals surface area contributed by atoms with Gasteiger partial charge in [0.1, 0.15) is 0 Å². The van der Waals surface area contributed by atoms with Crippen LogP contribution in [0.2, 0.25) is 0 Å². The van der Waals surface area contributed by atoms with Gasteiger partial charge in [-0.3, -0.25) is 4.79 Å². The van der Waals surface area contributed by atoms with Crippen LogP contribution in [-0.4, -0.2) is 37.4 Å². The molecule has 1 aliphatic heterocycles. The van der Waals surface area contributed by atoms with Crippen molar-refractivity contribution in [1.29, 1.82) is 0 Å². The van der Waals surface area contributed by atoms with E-state index in [1.807, 2.05) is 19.2 Å². The van der Waals surface area contributed by atoms with Crippen LogP contribution in [0.25, 0.3) is 0 Å². The first-order chi connectivity index (χ1) is 9.08. The molecule has 0 aromatic carbocycles. The summed E-state index contributed by atoms with van der Waals surface area (Å²) >= 11 is 1.60. The van der Waals surface area contributed by atoms with Gasteiger partial charge in [-0.1, -0.05) is 0 Å². The maximum absolute atomic E-state index is 12.2. The molecule has 0 bridgehead atoms. The molecule has 2 N–H and O–H groups in total. The van der Waals surface area contributed by atoms with Gasteiger partial charge in [-0.25, -0.2) is 0 Å². The minimum atomic E-state index is -0.215. The fourth-order valence-electron chi connectivity index (χ4n) is 2.30. The molecule has 1 fully saturated rings. The van der Waals surface area contributed by atoms with Crippen molar-refractivity contribution in [2.45, 2.75) is 26.7 Å². The molecule has 2 heterocycles. The molecule has 0 saturated carbocycles. The first-order valence-corrected chi connectivity index (χ1v) is 7.47. The summed E-state index contributed by atoms with van der Waals surface area (Å²) in [6.45, 7) is 5.92. The zero-order valence-electron chi connectivity index (χ0n) is 11.5. The Morgan fingerprint density at radius 1 is 1.47 bits per heavy atom. The predicted molar refractivity (Wildman–Crippen MR) is 75.7 cm³/mol. The van der Waals surface area contributed by atoms with Gasteiger partial charge in [-0.05, 0) is 32.3 Å². The highest BCUT2D eigenvalue weighted by Crippen LogP contribution is 2.29. The van der Waals surface area contributed by atoms with Gasteiger partial charge in [0, 0.05) is 35.4 Å². The summed E-state index contributed by atoms with van der Waals surface area (Å²) in [5.41, 5.74) is 1.59. The molecule has 0 spiro atoms. The van der Waals surface area contributed by atoms with E-state index in [0.717, 1.165) is 24.0 Å². The third kappa shape index (κ3) is 3.16. The zero-order valence-corrected chi connectivity index (χ0v) is 12.3. The molecule has 106 valence electrons. The molecule has 0 aliphatic carbocycles. The second-order valence-corrected chi connectivity index (χ2v) is 6.37. The van der Waals surface area contributed by atoms with Crippen LogP contribution >= 0.6 is 11.3 Å². The number of rotatable bonds is 4. The van der Waals surface area contributed by atoms with Crippen molar-refractivity contribution in [3.8, 4) is 0 Å². The second kappa shape index (κ2) is 6.03. The zero-order chi connectivity index (χ0) is 13.9. The van der Waals surface area contributed by atoms with Crippen LogP contribution in [0.15, 0.2) is 5.38 Å². The minimum absolute atomic E-state index is 0.0406. The first kappa shape index (κ1) is 14.5. The number of amides is 1. The van der Waals surface area contributed by atoms with Crippen molar-refractivity contribution in [3.63, 3.8) is 0 Å². The monoisotopic (exact) mass is 283 g/mol. The van der Waals surface area contributed by atoms with E-state index in [2.05, 4.69) is 5.32 Å². The molecule has 1 aromatic rings. The van der Waals surface area contributed by atoms with Crippen molar-refractivity contribution in [3.05, 3.63) is 21.4 Å². The molecule has 1 aromatic heterocycles. The minimum Gasteiger partial charge on any atom is -0.396 e. The quantitative estimate of drug-likeness (QED) is 0.887. The Morgan fingerprint density at radius 2 is 2.16 bits per heavy atom. The predicted octanol–water partition coefficient (Wildman–Crippen LogP) is 1.88. The highest BCUT2D eigenvalue weighted by molar-refractivity contribution is 7.10. The summed E-state index contributed by atoms with van der Waals surface area (Å²) < 4.78 is 5.32. The van der Waals surface area contributed by atoms with E-state index in [1.165, 1.54) is 4.88 Å². The molecule has 19 heavy (non-hydrogen) atoms. The lowest BCUT2D eigenvalue weighted by atomic mass is 9.81. The average molecular weight is 283 g/mol. The Kier molecular flexibility index (Phi) is 4.60. The highest BCUT2D eigenvalue weighted by atomic mass is 32.1. The van der Waals surface area contributed by atoms with Crippen molar-refractivity contribution in [2.75, 3.05) is 26.4 Å². The molecule has 0 atom stereocenters. The van der Waals surface area contributed by atoms with Gasteiger partial charge in [0.25, 0.3) is 5.91 Å². The van der Waals surface area contributed by atoms with Crippen LogP contribution < -0.4 is 5.32 Å². The normalized spacial score (nSPS) is 18.3. The number of hydrogen-bond donors (Lipinski definition) is 2. The van der Waals surface area contributed by atoms with Crippen molar-refractivity contribution in [1.82, 2.24) is 5.32 Å². The van der Waals surface area contributed by atoms with E-state index in [-0.39, 0.29) is 17.9 Å². The molecule has 1 saturated heterocycles. The standard InChI is InChI=1S/C14H21NO3S/c1-10-11(2)19-7-12(10)13(17)15-8-14(9-16)3-5-18-6-4-14/h7,16H,3-6,8-9H2,1-2H3,(H,15,17). The van der Waals surface area contributed by atoms with Crippen LogP contribution in [0, 0.1) is 19.3 Å². The number of nitrogens with one attached hydrogen (secondary N) is 1. The lowest BCUT2D eigenvalue weighted by Crippen LogP contribution is -2.43. The van der Waals surface area contributed by atoms with Crippen molar-refractivity contribution < 1.29 is 14.6 Å². The number of hydrogen-bond acceptors (Lipinski definition) is 4. The summed E-state index contributed by atoms with van der Waals surface area (Å²) in [5, 5.41) is 14.4. The van der Waals surface area contributed by atoms with Crippen LogP contribution in [-0.2, 0) is 4.74 Å². The third-order valence-corrected chi connectivity index (χ3v) is 5.06. The molecular formula is C14H21NO3S. The van der Waals surface area contributed by atoms with Crippen molar-refractivity contribution in [2.24, 2.45) is 5.41 Å². The Bertz CT molecular complexity index is 450. The summed E-state index contributed by atoms with van der Waals surface area (Å²) in [6, 6.07) is 0. The molecule has 5 heteroatoms. The molecule has 4 nitrogen and oxygen atoms in total. The van der Waals surface area contributed by atoms with E-state index in [9.17, 15) is 9.90 Å². The number of aliphatic hydroxyl groups excluding tert-OH is 1. The summed E-state index contributed by atoms with van der Waals surface area (Å²) in [7, 11) is 0. The lowest BCUT2D eigenvalue weighted by Gasteiger charge is -2.35. The molecule has 0 unspecified atom stereocenters. The van der Waals surface area contributed by atoms with Crippen LogP contribution in [0.5, 0.6) is 0 Å². The average Bonchev–Trinajstić information content (AvgIpc) is 2.77. The van der Waals surface area contributed by atoms with E-state index >= 15 is 0 Å². The van der Waals surface area contributed by atoms with Gasteiger partial charge >= 0.3 is 0 Å². The SMILES string of the molecule is Cc1scc(C(=O)NCC2(CO)CCOCC2)c1C. The highest BCUT2D eigenvalue weighted by Gasteiger charge is 2.32. The second-order valence-electron chi connectivity index (χ2n) is 5.28.